The minimum atomic E-state index is -3.12. The van der Waals surface area contributed by atoms with Crippen LogP contribution in [0.3, 0.4) is 0 Å². The van der Waals surface area contributed by atoms with E-state index in [1.807, 2.05) is 0 Å². The summed E-state index contributed by atoms with van der Waals surface area (Å²) in [5.74, 6) is -0.852. The normalized spacial score (nSPS) is 11.4. The molecule has 0 bridgehead atoms. The van der Waals surface area contributed by atoms with Crippen LogP contribution in [-0.2, 0) is 14.8 Å². The van der Waals surface area contributed by atoms with Gasteiger partial charge in [0.05, 0.1) is 6.26 Å². The van der Waals surface area contributed by atoms with Crippen molar-refractivity contribution in [2.45, 2.75) is 19.3 Å². The van der Waals surface area contributed by atoms with Gasteiger partial charge in [-0.25, -0.2) is 13.1 Å². The van der Waals surface area contributed by atoms with E-state index in [9.17, 15) is 13.2 Å². The molecule has 0 aromatic heterocycles. The summed E-state index contributed by atoms with van der Waals surface area (Å²) in [6.07, 6.45) is 2.22. The number of carboxylic acids is 1. The highest BCUT2D eigenvalue weighted by Crippen LogP contribution is 1.93. The number of hydrogen-bond donors (Lipinski definition) is 2. The van der Waals surface area contributed by atoms with Gasteiger partial charge < -0.3 is 5.11 Å². The molecule has 6 heteroatoms. The second kappa shape index (κ2) is 5.10. The molecule has 0 unspecified atom stereocenters. The Balaban J connectivity index is 3.29. The third kappa shape index (κ3) is 9.38. The molecule has 0 aliphatic carbocycles. The molecule has 0 amide bonds. The van der Waals surface area contributed by atoms with E-state index in [1.165, 1.54) is 0 Å². The van der Waals surface area contributed by atoms with Gasteiger partial charge in [0.1, 0.15) is 0 Å². The Morgan fingerprint density at radius 3 is 2.42 bits per heavy atom. The first-order chi connectivity index (χ1) is 5.42. The zero-order valence-electron chi connectivity index (χ0n) is 6.91. The number of unbranched alkanes of at least 4 members (excludes halogenated alkanes) is 1. The van der Waals surface area contributed by atoms with Gasteiger partial charge in [-0.1, -0.05) is 0 Å². The number of aliphatic carboxylic acids is 1. The molecule has 0 aliphatic heterocycles. The Morgan fingerprint density at radius 1 is 1.42 bits per heavy atom. The number of rotatable bonds is 6. The van der Waals surface area contributed by atoms with Crippen molar-refractivity contribution in [3.05, 3.63) is 0 Å². The fourth-order valence-electron chi connectivity index (χ4n) is 0.659. The summed E-state index contributed by atoms with van der Waals surface area (Å²) in [5.41, 5.74) is 0. The fraction of sp³-hybridized carbons (Fsp3) is 0.833. The van der Waals surface area contributed by atoms with E-state index >= 15 is 0 Å². The van der Waals surface area contributed by atoms with Crippen molar-refractivity contribution in [1.29, 1.82) is 0 Å². The van der Waals surface area contributed by atoms with Crippen LogP contribution in [0, 0.1) is 0 Å². The Labute approximate surface area is 71.8 Å². The SMILES string of the molecule is CS(=O)(=O)NCCCCC(=O)O. The van der Waals surface area contributed by atoms with Gasteiger partial charge in [0, 0.05) is 13.0 Å². The zero-order valence-corrected chi connectivity index (χ0v) is 7.73. The van der Waals surface area contributed by atoms with Crippen LogP contribution in [0.5, 0.6) is 0 Å². The third-order valence-electron chi connectivity index (χ3n) is 1.18. The summed E-state index contributed by atoms with van der Waals surface area (Å²) in [7, 11) is -3.12. The van der Waals surface area contributed by atoms with Crippen molar-refractivity contribution in [2.75, 3.05) is 12.8 Å². The molecule has 0 saturated heterocycles. The molecular weight excluding hydrogens is 182 g/mol. The lowest BCUT2D eigenvalue weighted by atomic mass is 10.2. The topological polar surface area (TPSA) is 83.5 Å². The van der Waals surface area contributed by atoms with Crippen molar-refractivity contribution >= 4 is 16.0 Å². The number of nitrogens with one attached hydrogen (secondary N) is 1. The number of carbonyl (C=O) groups is 1. The first kappa shape index (κ1) is 11.4. The van der Waals surface area contributed by atoms with Gasteiger partial charge in [-0.2, -0.15) is 0 Å². The summed E-state index contributed by atoms with van der Waals surface area (Å²) in [4.78, 5) is 10.0. The van der Waals surface area contributed by atoms with E-state index in [-0.39, 0.29) is 6.42 Å². The van der Waals surface area contributed by atoms with E-state index < -0.39 is 16.0 Å². The first-order valence-electron chi connectivity index (χ1n) is 3.58. The highest BCUT2D eigenvalue weighted by molar-refractivity contribution is 7.88. The van der Waals surface area contributed by atoms with Crippen LogP contribution in [0.2, 0.25) is 0 Å². The van der Waals surface area contributed by atoms with Crippen molar-refractivity contribution in [2.24, 2.45) is 0 Å². The average Bonchev–Trinajstić information content (AvgIpc) is 1.83. The highest BCUT2D eigenvalue weighted by atomic mass is 32.2. The molecule has 0 saturated carbocycles. The summed E-state index contributed by atoms with van der Waals surface area (Å²) in [6, 6.07) is 0. The van der Waals surface area contributed by atoms with Gasteiger partial charge in [0.2, 0.25) is 10.0 Å². The Bertz CT molecular complexity index is 234. The van der Waals surface area contributed by atoms with Crippen molar-refractivity contribution < 1.29 is 18.3 Å². The number of hydrogen-bond acceptors (Lipinski definition) is 3. The second-order valence-electron chi connectivity index (χ2n) is 2.52. The smallest absolute Gasteiger partial charge is 0.303 e. The van der Waals surface area contributed by atoms with E-state index in [0.29, 0.717) is 19.4 Å². The number of sulfonamides is 1. The van der Waals surface area contributed by atoms with Crippen molar-refractivity contribution in [3.8, 4) is 0 Å². The molecule has 0 radical (unpaired) electrons. The third-order valence-corrected chi connectivity index (χ3v) is 1.91. The Kier molecular flexibility index (Phi) is 4.84. The summed E-state index contributed by atoms with van der Waals surface area (Å²) in [5, 5.41) is 8.23. The van der Waals surface area contributed by atoms with Crippen LogP contribution in [0.1, 0.15) is 19.3 Å². The van der Waals surface area contributed by atoms with Gasteiger partial charge >= 0.3 is 5.97 Å². The van der Waals surface area contributed by atoms with E-state index in [0.717, 1.165) is 6.26 Å². The van der Waals surface area contributed by atoms with E-state index in [4.69, 9.17) is 5.11 Å². The van der Waals surface area contributed by atoms with Crippen LogP contribution in [0.25, 0.3) is 0 Å². The quantitative estimate of drug-likeness (QED) is 0.574. The molecular formula is C6H13NO4S. The number of carboxylic acid groups (broad SMARTS) is 1. The highest BCUT2D eigenvalue weighted by Gasteiger charge is 2.00. The largest absolute Gasteiger partial charge is 0.481 e. The average molecular weight is 195 g/mol. The van der Waals surface area contributed by atoms with Gasteiger partial charge in [-0.3, -0.25) is 4.79 Å². The molecule has 72 valence electrons. The lowest BCUT2D eigenvalue weighted by molar-refractivity contribution is -0.137. The molecule has 0 atom stereocenters. The fourth-order valence-corrected chi connectivity index (χ4v) is 1.17. The predicted octanol–water partition coefficient (Wildman–Crippen LogP) is -0.210. The van der Waals surface area contributed by atoms with Crippen LogP contribution in [0.15, 0.2) is 0 Å². The van der Waals surface area contributed by atoms with Crippen molar-refractivity contribution in [1.82, 2.24) is 4.72 Å². The Morgan fingerprint density at radius 2 is 2.00 bits per heavy atom. The van der Waals surface area contributed by atoms with Crippen LogP contribution >= 0.6 is 0 Å². The lowest BCUT2D eigenvalue weighted by Gasteiger charge is -1.99. The van der Waals surface area contributed by atoms with Crippen LogP contribution in [-0.4, -0.2) is 32.3 Å². The molecule has 0 aromatic carbocycles. The lowest BCUT2D eigenvalue weighted by Crippen LogP contribution is -2.22. The zero-order chi connectivity index (χ0) is 9.61. The van der Waals surface area contributed by atoms with Gasteiger partial charge in [-0.15, -0.1) is 0 Å². The maximum Gasteiger partial charge on any atom is 0.303 e. The first-order valence-corrected chi connectivity index (χ1v) is 5.47. The predicted molar refractivity (Wildman–Crippen MR) is 44.3 cm³/mol. The van der Waals surface area contributed by atoms with Gasteiger partial charge in [0.15, 0.2) is 0 Å². The molecule has 0 rings (SSSR count). The molecule has 0 aromatic rings. The monoisotopic (exact) mass is 195 g/mol. The second-order valence-corrected chi connectivity index (χ2v) is 4.35. The molecule has 0 spiro atoms. The molecule has 5 nitrogen and oxygen atoms in total. The van der Waals surface area contributed by atoms with Gasteiger partial charge in [-0.05, 0) is 12.8 Å². The minimum Gasteiger partial charge on any atom is -0.481 e. The van der Waals surface area contributed by atoms with Crippen LogP contribution < -0.4 is 4.72 Å². The van der Waals surface area contributed by atoms with Crippen LogP contribution in [0.4, 0.5) is 0 Å². The summed E-state index contributed by atoms with van der Waals surface area (Å²) < 4.78 is 23.3. The molecule has 0 aliphatic rings. The molecule has 0 fully saturated rings. The Hall–Kier alpha value is -0.620. The maximum atomic E-state index is 10.5. The van der Waals surface area contributed by atoms with E-state index in [1.54, 1.807) is 0 Å². The molecule has 12 heavy (non-hydrogen) atoms. The standard InChI is InChI=1S/C6H13NO4S/c1-12(10,11)7-5-3-2-4-6(8)9/h7H,2-5H2,1H3,(H,8,9). The summed E-state index contributed by atoms with van der Waals surface area (Å²) in [6.45, 7) is 0.312. The van der Waals surface area contributed by atoms with E-state index in [2.05, 4.69) is 4.72 Å². The van der Waals surface area contributed by atoms with Crippen molar-refractivity contribution in [3.63, 3.8) is 0 Å². The molecule has 2 N–H and O–H groups in total. The summed E-state index contributed by atoms with van der Waals surface area (Å²) >= 11 is 0. The minimum absolute atomic E-state index is 0.0887. The molecule has 0 heterocycles. The maximum absolute atomic E-state index is 10.5. The van der Waals surface area contributed by atoms with Gasteiger partial charge in [0.25, 0.3) is 0 Å².